The number of esters is 1. The lowest BCUT2D eigenvalue weighted by Crippen LogP contribution is -2.60. The number of hydrogen-bond acceptors (Lipinski definition) is 10. The lowest BCUT2D eigenvalue weighted by atomic mass is 9.99. The molecule has 80 heavy (non-hydrogen) atoms. The standard InChI is InChI=1S/C69H125NO10/c1-3-5-7-9-11-13-14-15-16-31-34-37-41-45-49-53-57-65(74)78-58-54-50-46-42-38-35-32-29-27-25-23-21-19-17-18-20-22-24-26-28-30-33-36-40-44-48-52-56-64(73)70-61(62(72)55-51-47-43-39-12-10-8-6-4-2)60-79-69-68(77)67(76)66(75)63(59-71)80-69/h13-14,16-18,21,23,31,51,55,61-63,66-69,71-72,75-77H,3-12,15,19-20,22,24-30,32-50,52-54,56-60H2,1-2H3,(H,70,73)/b14-13-,18-17-,23-21-,31-16-,55-51+. The third-order valence-corrected chi connectivity index (χ3v) is 15.6. The van der Waals surface area contributed by atoms with Crippen molar-refractivity contribution < 1.29 is 49.3 Å². The number of unbranched alkanes of at least 4 members (excludes halogenated alkanes) is 36. The molecular formula is C69H125NO10. The number of amides is 1. The van der Waals surface area contributed by atoms with Gasteiger partial charge in [0, 0.05) is 12.8 Å². The Bertz CT molecular complexity index is 1510. The highest BCUT2D eigenvalue weighted by Crippen LogP contribution is 2.23. The summed E-state index contributed by atoms with van der Waals surface area (Å²) in [5, 5.41) is 54.3. The molecule has 7 unspecified atom stereocenters. The quantitative estimate of drug-likeness (QED) is 0.0195. The average Bonchev–Trinajstić information content (AvgIpc) is 3.50. The van der Waals surface area contributed by atoms with Crippen LogP contribution in [0.25, 0.3) is 0 Å². The van der Waals surface area contributed by atoms with Crippen molar-refractivity contribution in [2.45, 2.75) is 346 Å². The van der Waals surface area contributed by atoms with Crippen LogP contribution in [0.2, 0.25) is 0 Å². The first-order chi connectivity index (χ1) is 39.2. The van der Waals surface area contributed by atoms with E-state index >= 15 is 0 Å². The van der Waals surface area contributed by atoms with Crippen LogP contribution in [0.4, 0.5) is 0 Å². The van der Waals surface area contributed by atoms with Crippen molar-refractivity contribution in [3.63, 3.8) is 0 Å². The Balaban J connectivity index is 1.96. The van der Waals surface area contributed by atoms with Gasteiger partial charge >= 0.3 is 5.97 Å². The molecule has 1 fully saturated rings. The van der Waals surface area contributed by atoms with E-state index in [4.69, 9.17) is 14.2 Å². The van der Waals surface area contributed by atoms with E-state index in [9.17, 15) is 35.1 Å². The van der Waals surface area contributed by atoms with Crippen molar-refractivity contribution in [3.05, 3.63) is 60.8 Å². The minimum atomic E-state index is -1.57. The van der Waals surface area contributed by atoms with Crippen LogP contribution >= 0.6 is 0 Å². The van der Waals surface area contributed by atoms with Crippen LogP contribution in [-0.4, -0.2) is 100 Å². The van der Waals surface area contributed by atoms with Crippen molar-refractivity contribution in [2.75, 3.05) is 19.8 Å². The topological polar surface area (TPSA) is 175 Å². The summed E-state index contributed by atoms with van der Waals surface area (Å²) in [6.45, 7) is 4.29. The zero-order chi connectivity index (χ0) is 58.0. The molecule has 0 aromatic carbocycles. The molecule has 11 nitrogen and oxygen atoms in total. The summed E-state index contributed by atoms with van der Waals surface area (Å²) in [6.07, 6.45) is 66.4. The van der Waals surface area contributed by atoms with Crippen molar-refractivity contribution in [1.29, 1.82) is 0 Å². The third kappa shape index (κ3) is 46.8. The van der Waals surface area contributed by atoms with E-state index < -0.39 is 49.5 Å². The first kappa shape index (κ1) is 75.4. The minimum absolute atomic E-state index is 0.0129. The molecule has 0 saturated carbocycles. The maximum Gasteiger partial charge on any atom is 0.305 e. The molecule has 0 radical (unpaired) electrons. The minimum Gasteiger partial charge on any atom is -0.466 e. The maximum atomic E-state index is 13.0. The van der Waals surface area contributed by atoms with Crippen LogP contribution in [0.15, 0.2) is 60.8 Å². The van der Waals surface area contributed by atoms with E-state index in [-0.39, 0.29) is 18.5 Å². The van der Waals surface area contributed by atoms with Gasteiger partial charge in [-0.25, -0.2) is 0 Å². The molecule has 0 aromatic rings. The van der Waals surface area contributed by atoms with Crippen LogP contribution in [-0.2, 0) is 23.8 Å². The van der Waals surface area contributed by atoms with Crippen LogP contribution < -0.4 is 5.32 Å². The van der Waals surface area contributed by atoms with Gasteiger partial charge in [0.1, 0.15) is 24.4 Å². The second-order valence-corrected chi connectivity index (χ2v) is 23.2. The Morgan fingerprint density at radius 3 is 1.27 bits per heavy atom. The first-order valence-electron chi connectivity index (χ1n) is 33.6. The summed E-state index contributed by atoms with van der Waals surface area (Å²) in [5.74, 6) is -0.200. The van der Waals surface area contributed by atoms with E-state index in [1.807, 2.05) is 6.08 Å². The molecule has 6 N–H and O–H groups in total. The number of ether oxygens (including phenoxy) is 3. The van der Waals surface area contributed by atoms with E-state index in [0.29, 0.717) is 19.4 Å². The summed E-state index contributed by atoms with van der Waals surface area (Å²) < 4.78 is 16.7. The van der Waals surface area contributed by atoms with E-state index in [2.05, 4.69) is 67.8 Å². The number of carbonyl (C=O) groups is 2. The highest BCUT2D eigenvalue weighted by Gasteiger charge is 2.44. The van der Waals surface area contributed by atoms with Gasteiger partial charge in [0.25, 0.3) is 0 Å². The number of aliphatic hydroxyl groups is 5. The molecule has 1 aliphatic heterocycles. The number of nitrogens with one attached hydrogen (secondary N) is 1. The number of hydrogen-bond donors (Lipinski definition) is 6. The molecule has 0 aromatic heterocycles. The van der Waals surface area contributed by atoms with Gasteiger partial charge in [-0.15, -0.1) is 0 Å². The van der Waals surface area contributed by atoms with Gasteiger partial charge in [0.05, 0.1) is 32.0 Å². The van der Waals surface area contributed by atoms with E-state index in [1.165, 1.54) is 199 Å². The number of aliphatic hydroxyl groups excluding tert-OH is 5. The van der Waals surface area contributed by atoms with Gasteiger partial charge < -0.3 is 45.1 Å². The third-order valence-electron chi connectivity index (χ3n) is 15.6. The molecular weight excluding hydrogens is 1000 g/mol. The zero-order valence-corrected chi connectivity index (χ0v) is 51.5. The number of carbonyl (C=O) groups excluding carboxylic acids is 2. The van der Waals surface area contributed by atoms with Crippen LogP contribution in [0.3, 0.4) is 0 Å². The molecule has 1 amide bonds. The normalized spacial score (nSPS) is 18.7. The average molecular weight is 1130 g/mol. The van der Waals surface area contributed by atoms with Crippen molar-refractivity contribution in [1.82, 2.24) is 5.32 Å². The monoisotopic (exact) mass is 1130 g/mol. The van der Waals surface area contributed by atoms with Crippen LogP contribution in [0.5, 0.6) is 0 Å². The second-order valence-electron chi connectivity index (χ2n) is 23.2. The largest absolute Gasteiger partial charge is 0.466 e. The van der Waals surface area contributed by atoms with Crippen LogP contribution in [0.1, 0.15) is 303 Å². The molecule has 1 heterocycles. The van der Waals surface area contributed by atoms with Crippen molar-refractivity contribution >= 4 is 11.9 Å². The summed E-state index contributed by atoms with van der Waals surface area (Å²) in [7, 11) is 0. The van der Waals surface area contributed by atoms with Gasteiger partial charge in [-0.1, -0.05) is 254 Å². The van der Waals surface area contributed by atoms with Gasteiger partial charge in [-0.2, -0.15) is 0 Å². The fraction of sp³-hybridized carbons (Fsp3) is 0.826. The number of allylic oxidation sites excluding steroid dienone is 9. The number of rotatable bonds is 58. The molecule has 1 aliphatic rings. The van der Waals surface area contributed by atoms with Gasteiger partial charge in [0.15, 0.2) is 6.29 Å². The lowest BCUT2D eigenvalue weighted by Gasteiger charge is -2.40. The summed E-state index contributed by atoms with van der Waals surface area (Å²) in [4.78, 5) is 25.1. The molecule has 1 saturated heterocycles. The van der Waals surface area contributed by atoms with Crippen molar-refractivity contribution in [2.24, 2.45) is 0 Å². The molecule has 11 heteroatoms. The molecule has 7 atom stereocenters. The highest BCUT2D eigenvalue weighted by atomic mass is 16.7. The summed E-state index contributed by atoms with van der Waals surface area (Å²) in [5.41, 5.74) is 0. The Hall–Kier alpha value is -2.64. The Labute approximate surface area is 490 Å². The maximum absolute atomic E-state index is 13.0. The predicted octanol–water partition coefficient (Wildman–Crippen LogP) is 16.6. The SMILES string of the molecule is CCCCCC/C=C\C/C=C\CCCCCCCC(=O)OCCCCCCCCCCC/C=C\C/C=C\CCCCCCCCCCCCCC(=O)NC(COC1OC(CO)C(O)C(O)C1O)C(O)/C=C/CCCCCCCCC. The lowest BCUT2D eigenvalue weighted by molar-refractivity contribution is -0.302. The Morgan fingerprint density at radius 2 is 0.838 bits per heavy atom. The predicted molar refractivity (Wildman–Crippen MR) is 333 cm³/mol. The molecule has 1 rings (SSSR count). The van der Waals surface area contributed by atoms with Crippen LogP contribution in [0, 0.1) is 0 Å². The summed E-state index contributed by atoms with van der Waals surface area (Å²) >= 11 is 0. The van der Waals surface area contributed by atoms with Gasteiger partial charge in [-0.05, 0) is 96.3 Å². The fourth-order valence-electron chi connectivity index (χ4n) is 10.3. The molecule has 0 spiro atoms. The fourth-order valence-corrected chi connectivity index (χ4v) is 10.3. The molecule has 0 aliphatic carbocycles. The Kier molecular flexibility index (Phi) is 54.8. The van der Waals surface area contributed by atoms with E-state index in [0.717, 1.165) is 77.0 Å². The molecule has 466 valence electrons. The zero-order valence-electron chi connectivity index (χ0n) is 51.5. The molecule has 0 bridgehead atoms. The highest BCUT2D eigenvalue weighted by molar-refractivity contribution is 5.76. The first-order valence-corrected chi connectivity index (χ1v) is 33.6. The van der Waals surface area contributed by atoms with Gasteiger partial charge in [-0.3, -0.25) is 9.59 Å². The Morgan fingerprint density at radius 1 is 0.463 bits per heavy atom. The van der Waals surface area contributed by atoms with E-state index in [1.54, 1.807) is 6.08 Å². The second kappa shape index (κ2) is 58.1. The van der Waals surface area contributed by atoms with Crippen molar-refractivity contribution in [3.8, 4) is 0 Å². The smallest absolute Gasteiger partial charge is 0.305 e. The van der Waals surface area contributed by atoms with Gasteiger partial charge in [0.2, 0.25) is 5.91 Å². The summed E-state index contributed by atoms with van der Waals surface area (Å²) in [6, 6.07) is -0.812.